The topological polar surface area (TPSA) is 70.7 Å². The van der Waals surface area contributed by atoms with E-state index in [1.54, 1.807) is 4.90 Å². The number of hydrogen-bond acceptors (Lipinski definition) is 4. The number of hydrogen-bond donors (Lipinski definition) is 2. The van der Waals surface area contributed by atoms with Gasteiger partial charge in [-0.25, -0.2) is 0 Å². The van der Waals surface area contributed by atoms with E-state index in [0.717, 1.165) is 39.1 Å². The monoisotopic (exact) mass is 269 g/mol. The number of ether oxygens (including phenoxy) is 1. The predicted octanol–water partition coefficient (Wildman–Crippen LogP) is -0.650. The molecule has 2 saturated heterocycles. The number of rotatable bonds is 2. The number of nitrogens with zero attached hydrogens (tertiary/aromatic N) is 1. The molecule has 0 saturated carbocycles. The van der Waals surface area contributed by atoms with E-state index in [9.17, 15) is 9.59 Å². The molecule has 2 aliphatic rings. The minimum atomic E-state index is -0.471. The fourth-order valence-corrected chi connectivity index (χ4v) is 2.61. The van der Waals surface area contributed by atoms with Gasteiger partial charge in [0.25, 0.3) is 0 Å². The minimum absolute atomic E-state index is 0.0308. The zero-order chi connectivity index (χ0) is 13.7. The smallest absolute Gasteiger partial charge is 0.311 e. The lowest BCUT2D eigenvalue weighted by Gasteiger charge is -2.30. The predicted molar refractivity (Wildman–Crippen MR) is 70.6 cm³/mol. The Hall–Kier alpha value is -1.14. The zero-order valence-electron chi connectivity index (χ0n) is 11.5. The third-order valence-electron chi connectivity index (χ3n) is 3.93. The van der Waals surface area contributed by atoms with Crippen molar-refractivity contribution in [3.63, 3.8) is 0 Å². The SMILES string of the molecule is CC(NC(=O)C(=O)N1CCNCC1)C1CCOCC1. The zero-order valence-corrected chi connectivity index (χ0v) is 11.5. The quantitative estimate of drug-likeness (QED) is 0.654. The Kier molecular flexibility index (Phi) is 5.15. The fraction of sp³-hybridized carbons (Fsp3) is 0.846. The third-order valence-corrected chi connectivity index (χ3v) is 3.93. The summed E-state index contributed by atoms with van der Waals surface area (Å²) in [5, 5.41) is 6.00. The van der Waals surface area contributed by atoms with Gasteiger partial charge < -0.3 is 20.3 Å². The van der Waals surface area contributed by atoms with Crippen molar-refractivity contribution in [2.24, 2.45) is 5.92 Å². The summed E-state index contributed by atoms with van der Waals surface area (Å²) >= 11 is 0. The van der Waals surface area contributed by atoms with Crippen molar-refractivity contribution in [3.05, 3.63) is 0 Å². The average Bonchev–Trinajstić information content (AvgIpc) is 2.48. The second-order valence-electron chi connectivity index (χ2n) is 5.25. The normalized spacial score (nSPS) is 22.9. The molecule has 0 bridgehead atoms. The Balaban J connectivity index is 1.80. The molecule has 2 N–H and O–H groups in total. The van der Waals surface area contributed by atoms with Crippen molar-refractivity contribution in [2.45, 2.75) is 25.8 Å². The highest BCUT2D eigenvalue weighted by molar-refractivity contribution is 6.35. The number of carbonyl (C=O) groups excluding carboxylic acids is 2. The van der Waals surface area contributed by atoms with Crippen LogP contribution in [0.25, 0.3) is 0 Å². The molecule has 0 spiro atoms. The summed E-state index contributed by atoms with van der Waals surface area (Å²) in [6, 6.07) is 0.0308. The van der Waals surface area contributed by atoms with Crippen molar-refractivity contribution < 1.29 is 14.3 Å². The highest BCUT2D eigenvalue weighted by Crippen LogP contribution is 2.18. The summed E-state index contributed by atoms with van der Waals surface area (Å²) in [6.45, 7) is 6.20. The summed E-state index contributed by atoms with van der Waals surface area (Å²) in [4.78, 5) is 25.5. The van der Waals surface area contributed by atoms with Crippen molar-refractivity contribution in [3.8, 4) is 0 Å². The number of piperazine rings is 1. The lowest BCUT2D eigenvalue weighted by molar-refractivity contribution is -0.146. The first-order chi connectivity index (χ1) is 9.18. The van der Waals surface area contributed by atoms with Crippen molar-refractivity contribution in [1.29, 1.82) is 0 Å². The van der Waals surface area contributed by atoms with Gasteiger partial charge in [-0.3, -0.25) is 9.59 Å². The van der Waals surface area contributed by atoms with Gasteiger partial charge in [-0.2, -0.15) is 0 Å². The molecule has 0 aromatic heterocycles. The van der Waals surface area contributed by atoms with E-state index in [2.05, 4.69) is 10.6 Å². The third kappa shape index (κ3) is 3.91. The summed E-state index contributed by atoms with van der Waals surface area (Å²) < 4.78 is 5.30. The first-order valence-corrected chi connectivity index (χ1v) is 7.06. The molecular formula is C13H23N3O3. The second-order valence-corrected chi connectivity index (χ2v) is 5.25. The van der Waals surface area contributed by atoms with Crippen LogP contribution < -0.4 is 10.6 Å². The highest BCUT2D eigenvalue weighted by Gasteiger charge is 2.27. The van der Waals surface area contributed by atoms with Crippen molar-refractivity contribution >= 4 is 11.8 Å². The summed E-state index contributed by atoms with van der Waals surface area (Å²) in [5.74, 6) is -0.463. The molecule has 2 rings (SSSR count). The van der Waals surface area contributed by atoms with Gasteiger partial charge in [-0.15, -0.1) is 0 Å². The Morgan fingerprint density at radius 3 is 2.53 bits per heavy atom. The van der Waals surface area contributed by atoms with E-state index in [1.165, 1.54) is 0 Å². The molecule has 6 nitrogen and oxygen atoms in total. The maximum Gasteiger partial charge on any atom is 0.311 e. The van der Waals surface area contributed by atoms with Crippen LogP contribution in [0.2, 0.25) is 0 Å². The number of amides is 2. The van der Waals surface area contributed by atoms with E-state index in [4.69, 9.17) is 4.74 Å². The van der Waals surface area contributed by atoms with Gasteiger partial charge in [0.05, 0.1) is 0 Å². The lowest BCUT2D eigenvalue weighted by Crippen LogP contribution is -2.53. The maximum absolute atomic E-state index is 12.0. The molecule has 0 radical (unpaired) electrons. The molecule has 6 heteroatoms. The second kappa shape index (κ2) is 6.86. The molecule has 0 aromatic rings. The molecule has 19 heavy (non-hydrogen) atoms. The van der Waals surface area contributed by atoms with Crippen LogP contribution in [0.4, 0.5) is 0 Å². The molecule has 108 valence electrons. The standard InChI is InChI=1S/C13H23N3O3/c1-10(11-2-8-19-9-3-11)15-12(17)13(18)16-6-4-14-5-7-16/h10-11,14H,2-9H2,1H3,(H,15,17). The molecule has 2 aliphatic heterocycles. The summed E-state index contributed by atoms with van der Waals surface area (Å²) in [5.41, 5.74) is 0. The first-order valence-electron chi connectivity index (χ1n) is 7.06. The molecule has 2 heterocycles. The molecule has 2 amide bonds. The Labute approximate surface area is 113 Å². The Morgan fingerprint density at radius 2 is 1.89 bits per heavy atom. The minimum Gasteiger partial charge on any atom is -0.381 e. The van der Waals surface area contributed by atoms with E-state index >= 15 is 0 Å². The van der Waals surface area contributed by atoms with E-state index in [0.29, 0.717) is 19.0 Å². The molecular weight excluding hydrogens is 246 g/mol. The molecule has 0 aromatic carbocycles. The first kappa shape index (κ1) is 14.3. The van der Waals surface area contributed by atoms with Gasteiger partial charge in [0, 0.05) is 45.4 Å². The average molecular weight is 269 g/mol. The van der Waals surface area contributed by atoms with Crippen LogP contribution in [-0.4, -0.2) is 62.1 Å². The summed E-state index contributed by atoms with van der Waals surface area (Å²) in [6.07, 6.45) is 1.90. The maximum atomic E-state index is 12.0. The molecule has 2 fully saturated rings. The van der Waals surface area contributed by atoms with Crippen LogP contribution >= 0.6 is 0 Å². The van der Waals surface area contributed by atoms with E-state index < -0.39 is 11.8 Å². The molecule has 1 atom stereocenters. The van der Waals surface area contributed by atoms with Crippen LogP contribution in [-0.2, 0) is 14.3 Å². The lowest BCUT2D eigenvalue weighted by atomic mass is 9.93. The Morgan fingerprint density at radius 1 is 1.26 bits per heavy atom. The fourth-order valence-electron chi connectivity index (χ4n) is 2.61. The van der Waals surface area contributed by atoms with Gasteiger partial charge in [0.1, 0.15) is 0 Å². The van der Waals surface area contributed by atoms with Crippen LogP contribution in [0.5, 0.6) is 0 Å². The van der Waals surface area contributed by atoms with Gasteiger partial charge in [0.2, 0.25) is 0 Å². The van der Waals surface area contributed by atoms with Crippen LogP contribution in [0.1, 0.15) is 19.8 Å². The van der Waals surface area contributed by atoms with Gasteiger partial charge in [0.15, 0.2) is 0 Å². The van der Waals surface area contributed by atoms with Gasteiger partial charge >= 0.3 is 11.8 Å². The van der Waals surface area contributed by atoms with Crippen LogP contribution in [0, 0.1) is 5.92 Å². The molecule has 1 unspecified atom stereocenters. The Bertz CT molecular complexity index is 323. The largest absolute Gasteiger partial charge is 0.381 e. The van der Waals surface area contributed by atoms with Crippen LogP contribution in [0.15, 0.2) is 0 Å². The van der Waals surface area contributed by atoms with E-state index in [1.807, 2.05) is 6.92 Å². The molecule has 0 aliphatic carbocycles. The van der Waals surface area contributed by atoms with Gasteiger partial charge in [-0.05, 0) is 25.7 Å². The van der Waals surface area contributed by atoms with Gasteiger partial charge in [-0.1, -0.05) is 0 Å². The van der Waals surface area contributed by atoms with Crippen molar-refractivity contribution in [2.75, 3.05) is 39.4 Å². The highest BCUT2D eigenvalue weighted by atomic mass is 16.5. The number of carbonyl (C=O) groups is 2. The van der Waals surface area contributed by atoms with E-state index in [-0.39, 0.29) is 6.04 Å². The number of nitrogens with one attached hydrogen (secondary N) is 2. The van der Waals surface area contributed by atoms with Crippen LogP contribution in [0.3, 0.4) is 0 Å². The summed E-state index contributed by atoms with van der Waals surface area (Å²) in [7, 11) is 0. The van der Waals surface area contributed by atoms with Crippen molar-refractivity contribution in [1.82, 2.24) is 15.5 Å².